The monoisotopic (exact) mass is 292 g/mol. The van der Waals surface area contributed by atoms with Crippen LogP contribution in [0.5, 0.6) is 11.5 Å². The van der Waals surface area contributed by atoms with E-state index in [0.29, 0.717) is 12.6 Å². The topological polar surface area (TPSA) is 50.8 Å². The largest absolute Gasteiger partial charge is 0.493 e. The van der Waals surface area contributed by atoms with Gasteiger partial charge in [-0.05, 0) is 43.5 Å². The molecule has 1 N–H and O–H groups in total. The van der Waals surface area contributed by atoms with Crippen LogP contribution in [0.25, 0.3) is 0 Å². The predicted molar refractivity (Wildman–Crippen MR) is 81.9 cm³/mol. The standard InChI is InChI=1S/C16H24N2O3/c1-18(13-5-6-13)16(19)11-17-9-8-12-4-7-14(20-2)15(10-12)21-3/h4,7,10,13,17H,5-6,8-9,11H2,1-3H3. The summed E-state index contributed by atoms with van der Waals surface area (Å²) >= 11 is 0. The molecular weight excluding hydrogens is 268 g/mol. The SMILES string of the molecule is COc1ccc(CCNCC(=O)N(C)C2CC2)cc1OC. The fourth-order valence-electron chi connectivity index (χ4n) is 2.25. The Bertz CT molecular complexity index is 486. The lowest BCUT2D eigenvalue weighted by Crippen LogP contribution is -2.37. The van der Waals surface area contributed by atoms with Crippen molar-refractivity contribution < 1.29 is 14.3 Å². The maximum absolute atomic E-state index is 11.8. The summed E-state index contributed by atoms with van der Waals surface area (Å²) < 4.78 is 10.5. The lowest BCUT2D eigenvalue weighted by Gasteiger charge is -2.16. The Morgan fingerprint density at radius 3 is 2.62 bits per heavy atom. The Balaban J connectivity index is 1.74. The van der Waals surface area contributed by atoms with Crippen molar-refractivity contribution in [1.82, 2.24) is 10.2 Å². The summed E-state index contributed by atoms with van der Waals surface area (Å²) in [6.45, 7) is 1.17. The Labute approximate surface area is 126 Å². The molecule has 2 rings (SSSR count). The molecule has 116 valence electrons. The van der Waals surface area contributed by atoms with E-state index in [1.165, 1.54) is 0 Å². The van der Waals surface area contributed by atoms with Crippen LogP contribution >= 0.6 is 0 Å². The maximum atomic E-state index is 11.8. The molecule has 5 nitrogen and oxygen atoms in total. The van der Waals surface area contributed by atoms with Crippen LogP contribution in [0.15, 0.2) is 18.2 Å². The molecule has 5 heteroatoms. The van der Waals surface area contributed by atoms with Gasteiger partial charge in [-0.15, -0.1) is 0 Å². The van der Waals surface area contributed by atoms with Gasteiger partial charge in [0.15, 0.2) is 11.5 Å². The lowest BCUT2D eigenvalue weighted by molar-refractivity contribution is -0.129. The summed E-state index contributed by atoms with van der Waals surface area (Å²) in [5.74, 6) is 1.64. The number of carbonyl (C=O) groups is 1. The van der Waals surface area contributed by atoms with Crippen molar-refractivity contribution >= 4 is 5.91 Å². The van der Waals surface area contributed by atoms with Crippen molar-refractivity contribution in [2.45, 2.75) is 25.3 Å². The zero-order valence-electron chi connectivity index (χ0n) is 13.0. The minimum Gasteiger partial charge on any atom is -0.493 e. The minimum absolute atomic E-state index is 0.171. The molecule has 1 amide bonds. The number of nitrogens with zero attached hydrogens (tertiary/aromatic N) is 1. The van der Waals surface area contributed by atoms with Gasteiger partial charge in [-0.25, -0.2) is 0 Å². The van der Waals surface area contributed by atoms with Gasteiger partial charge in [0.2, 0.25) is 5.91 Å². The average Bonchev–Trinajstić information content (AvgIpc) is 3.35. The van der Waals surface area contributed by atoms with Crippen LogP contribution < -0.4 is 14.8 Å². The van der Waals surface area contributed by atoms with E-state index in [1.807, 2.05) is 30.1 Å². The summed E-state index contributed by atoms with van der Waals surface area (Å²) in [5.41, 5.74) is 1.16. The third kappa shape index (κ3) is 4.36. The smallest absolute Gasteiger partial charge is 0.236 e. The normalized spacial score (nSPS) is 13.9. The maximum Gasteiger partial charge on any atom is 0.236 e. The average molecular weight is 292 g/mol. The van der Waals surface area contributed by atoms with E-state index in [9.17, 15) is 4.79 Å². The molecule has 0 aliphatic heterocycles. The Hall–Kier alpha value is -1.75. The van der Waals surface area contributed by atoms with Crippen molar-refractivity contribution in [3.63, 3.8) is 0 Å². The van der Waals surface area contributed by atoms with Gasteiger partial charge >= 0.3 is 0 Å². The number of hydrogen-bond donors (Lipinski definition) is 1. The Morgan fingerprint density at radius 1 is 1.29 bits per heavy atom. The minimum atomic E-state index is 0.171. The summed E-state index contributed by atoms with van der Waals surface area (Å²) in [4.78, 5) is 13.7. The molecule has 0 bridgehead atoms. The molecular formula is C16H24N2O3. The molecule has 1 aromatic rings. The molecule has 1 saturated carbocycles. The van der Waals surface area contributed by atoms with Crippen molar-refractivity contribution in [2.24, 2.45) is 0 Å². The van der Waals surface area contributed by atoms with Gasteiger partial charge in [-0.3, -0.25) is 4.79 Å². The van der Waals surface area contributed by atoms with E-state index in [4.69, 9.17) is 9.47 Å². The number of carbonyl (C=O) groups excluding carboxylic acids is 1. The highest BCUT2D eigenvalue weighted by molar-refractivity contribution is 5.78. The first-order chi connectivity index (χ1) is 10.2. The molecule has 1 fully saturated rings. The number of likely N-dealkylation sites (N-methyl/N-ethyl adjacent to an activating group) is 1. The second-order valence-corrected chi connectivity index (χ2v) is 5.35. The molecule has 0 saturated heterocycles. The predicted octanol–water partition coefficient (Wildman–Crippen LogP) is 1.46. The number of nitrogens with one attached hydrogen (secondary N) is 1. The first-order valence-electron chi connectivity index (χ1n) is 7.33. The number of rotatable bonds is 8. The number of hydrogen-bond acceptors (Lipinski definition) is 4. The highest BCUT2D eigenvalue weighted by Gasteiger charge is 2.28. The summed E-state index contributed by atoms with van der Waals surface area (Å²) in [7, 11) is 5.14. The molecule has 0 radical (unpaired) electrons. The fourth-order valence-corrected chi connectivity index (χ4v) is 2.25. The van der Waals surface area contributed by atoms with E-state index >= 15 is 0 Å². The van der Waals surface area contributed by atoms with E-state index in [2.05, 4.69) is 5.32 Å². The second-order valence-electron chi connectivity index (χ2n) is 5.35. The molecule has 21 heavy (non-hydrogen) atoms. The molecule has 0 unspecified atom stereocenters. The third-order valence-electron chi connectivity index (χ3n) is 3.80. The molecule has 1 aliphatic rings. The van der Waals surface area contributed by atoms with Gasteiger partial charge in [0.25, 0.3) is 0 Å². The number of amides is 1. The Morgan fingerprint density at radius 2 is 2.00 bits per heavy atom. The van der Waals surface area contributed by atoms with Crippen molar-refractivity contribution in [1.29, 1.82) is 0 Å². The van der Waals surface area contributed by atoms with Crippen LogP contribution in [0.1, 0.15) is 18.4 Å². The van der Waals surface area contributed by atoms with Crippen LogP contribution in [-0.4, -0.2) is 51.2 Å². The summed E-state index contributed by atoms with van der Waals surface area (Å²) in [6.07, 6.45) is 3.14. The van der Waals surface area contributed by atoms with Crippen molar-refractivity contribution in [3.8, 4) is 11.5 Å². The zero-order valence-corrected chi connectivity index (χ0v) is 13.0. The Kier molecular flexibility index (Phi) is 5.44. The molecule has 0 heterocycles. The zero-order chi connectivity index (χ0) is 15.2. The molecule has 1 aliphatic carbocycles. The van der Waals surface area contributed by atoms with Gasteiger partial charge in [-0.2, -0.15) is 0 Å². The first-order valence-corrected chi connectivity index (χ1v) is 7.33. The highest BCUT2D eigenvalue weighted by Crippen LogP contribution is 2.27. The number of methoxy groups -OCH3 is 2. The van der Waals surface area contributed by atoms with Crippen LogP contribution in [0.2, 0.25) is 0 Å². The van der Waals surface area contributed by atoms with E-state index < -0.39 is 0 Å². The van der Waals surface area contributed by atoms with Crippen LogP contribution in [-0.2, 0) is 11.2 Å². The number of benzene rings is 1. The van der Waals surface area contributed by atoms with Crippen molar-refractivity contribution in [2.75, 3.05) is 34.4 Å². The first kappa shape index (κ1) is 15.6. The molecule has 0 spiro atoms. The van der Waals surface area contributed by atoms with Crippen LogP contribution in [0.4, 0.5) is 0 Å². The second kappa shape index (κ2) is 7.31. The lowest BCUT2D eigenvalue weighted by atomic mass is 10.1. The van der Waals surface area contributed by atoms with Gasteiger partial charge in [0, 0.05) is 13.1 Å². The van der Waals surface area contributed by atoms with Crippen LogP contribution in [0.3, 0.4) is 0 Å². The summed E-state index contributed by atoms with van der Waals surface area (Å²) in [5, 5.41) is 3.20. The van der Waals surface area contributed by atoms with Gasteiger partial charge in [-0.1, -0.05) is 6.07 Å². The van der Waals surface area contributed by atoms with E-state index in [0.717, 1.165) is 42.9 Å². The summed E-state index contributed by atoms with van der Waals surface area (Å²) in [6, 6.07) is 6.37. The third-order valence-corrected chi connectivity index (χ3v) is 3.80. The molecule has 0 aromatic heterocycles. The quantitative estimate of drug-likeness (QED) is 0.737. The van der Waals surface area contributed by atoms with E-state index in [1.54, 1.807) is 14.2 Å². The van der Waals surface area contributed by atoms with E-state index in [-0.39, 0.29) is 5.91 Å². The van der Waals surface area contributed by atoms with Gasteiger partial charge in [0.1, 0.15) is 0 Å². The van der Waals surface area contributed by atoms with Gasteiger partial charge in [0.05, 0.1) is 20.8 Å². The molecule has 0 atom stereocenters. The molecule has 1 aromatic carbocycles. The fraction of sp³-hybridized carbons (Fsp3) is 0.562. The highest BCUT2D eigenvalue weighted by atomic mass is 16.5. The van der Waals surface area contributed by atoms with Gasteiger partial charge < -0.3 is 19.7 Å². The van der Waals surface area contributed by atoms with Crippen LogP contribution in [0, 0.1) is 0 Å². The number of ether oxygens (including phenoxy) is 2. The van der Waals surface area contributed by atoms with Crippen molar-refractivity contribution in [3.05, 3.63) is 23.8 Å².